The number of hydrogen-bond acceptors (Lipinski definition) is 5. The molecule has 1 fully saturated rings. The Morgan fingerprint density at radius 2 is 2.14 bits per heavy atom. The van der Waals surface area contributed by atoms with E-state index in [0.29, 0.717) is 42.5 Å². The van der Waals surface area contributed by atoms with E-state index < -0.39 is 0 Å². The molecule has 1 heterocycles. The first kappa shape index (κ1) is 20.7. The van der Waals surface area contributed by atoms with Crippen LogP contribution in [0.1, 0.15) is 33.6 Å². The molecule has 0 unspecified atom stereocenters. The van der Waals surface area contributed by atoms with Crippen LogP contribution in [0.3, 0.4) is 0 Å². The van der Waals surface area contributed by atoms with Crippen LogP contribution in [-0.2, 0) is 16.6 Å². The van der Waals surface area contributed by atoms with Crippen molar-refractivity contribution in [2.45, 2.75) is 45.8 Å². The summed E-state index contributed by atoms with van der Waals surface area (Å²) >= 11 is 6.56. The lowest BCUT2D eigenvalue weighted by atomic mass is 9.83. The molecule has 0 spiro atoms. The number of imidazole rings is 1. The Balaban J connectivity index is 1.49. The number of nitrogens with one attached hydrogen (secondary N) is 1. The van der Waals surface area contributed by atoms with Crippen molar-refractivity contribution in [3.8, 4) is 11.8 Å². The van der Waals surface area contributed by atoms with Crippen LogP contribution in [-0.4, -0.2) is 47.4 Å². The van der Waals surface area contributed by atoms with Crippen molar-refractivity contribution in [2.24, 2.45) is 13.0 Å². The third-order valence-electron chi connectivity index (χ3n) is 4.87. The van der Waals surface area contributed by atoms with Gasteiger partial charge < -0.3 is 19.5 Å². The monoisotopic (exact) mass is 409 g/mol. The van der Waals surface area contributed by atoms with Crippen LogP contribution in [0.25, 0.3) is 11.0 Å². The molecule has 3 rings (SSSR count). The number of carbonyl (C=O) groups is 1. The molecule has 1 aromatic carbocycles. The molecule has 0 aliphatic heterocycles. The fraction of sp³-hybridized carbons (Fsp3) is 0.600. The number of fused-ring (bicyclic) bond motifs is 1. The standard InChI is InChI=1S/C20H28ClN3O4/c1-5-26-20-23-16-6-7-17(18(21)19(16)24(20)4)28-11-14-8-15(9-14)27-10-12(2)22-13(3)25/h6-7,12,14-15H,5,8-11H2,1-4H3,(H,22,25)/t12-,14?,15?/m0/s1. The van der Waals surface area contributed by atoms with Gasteiger partial charge in [-0.1, -0.05) is 11.6 Å². The summed E-state index contributed by atoms with van der Waals surface area (Å²) in [6.45, 7) is 7.05. The molecule has 1 amide bonds. The van der Waals surface area contributed by atoms with Crippen molar-refractivity contribution < 1.29 is 19.0 Å². The molecule has 8 heteroatoms. The Kier molecular flexibility index (Phi) is 6.67. The number of ether oxygens (including phenoxy) is 3. The van der Waals surface area contributed by atoms with E-state index in [9.17, 15) is 4.79 Å². The number of hydrogen-bond donors (Lipinski definition) is 1. The molecule has 28 heavy (non-hydrogen) atoms. The maximum atomic E-state index is 11.0. The van der Waals surface area contributed by atoms with Crippen molar-refractivity contribution in [3.63, 3.8) is 0 Å². The number of aryl methyl sites for hydroxylation is 1. The Bertz CT molecular complexity index is 832. The number of nitrogens with zero attached hydrogens (tertiary/aromatic N) is 2. The number of aromatic nitrogens is 2. The van der Waals surface area contributed by atoms with Crippen molar-refractivity contribution >= 4 is 28.5 Å². The van der Waals surface area contributed by atoms with Crippen LogP contribution in [0.5, 0.6) is 11.8 Å². The molecule has 0 saturated heterocycles. The van der Waals surface area contributed by atoms with Crippen molar-refractivity contribution in [3.05, 3.63) is 17.2 Å². The highest BCUT2D eigenvalue weighted by molar-refractivity contribution is 6.36. The first-order valence-corrected chi connectivity index (χ1v) is 10.1. The van der Waals surface area contributed by atoms with Crippen LogP contribution >= 0.6 is 11.6 Å². The molecule has 1 atom stereocenters. The van der Waals surface area contributed by atoms with Gasteiger partial charge in [0.1, 0.15) is 10.8 Å². The fourth-order valence-corrected chi connectivity index (χ4v) is 3.75. The zero-order valence-corrected chi connectivity index (χ0v) is 17.6. The van der Waals surface area contributed by atoms with E-state index in [2.05, 4.69) is 10.3 Å². The highest BCUT2D eigenvalue weighted by atomic mass is 35.5. The van der Waals surface area contributed by atoms with Crippen molar-refractivity contribution in [2.75, 3.05) is 19.8 Å². The van der Waals surface area contributed by atoms with Crippen LogP contribution in [0.2, 0.25) is 5.02 Å². The van der Waals surface area contributed by atoms with E-state index in [1.54, 1.807) is 0 Å². The smallest absolute Gasteiger partial charge is 0.297 e. The van der Waals surface area contributed by atoms with Gasteiger partial charge in [0.05, 0.1) is 37.0 Å². The minimum atomic E-state index is -0.0355. The molecule has 1 saturated carbocycles. The summed E-state index contributed by atoms with van der Waals surface area (Å²) in [5, 5.41) is 3.37. The Morgan fingerprint density at radius 1 is 1.39 bits per heavy atom. The van der Waals surface area contributed by atoms with E-state index in [-0.39, 0.29) is 18.1 Å². The molecule has 1 aromatic heterocycles. The predicted molar refractivity (Wildman–Crippen MR) is 108 cm³/mol. The fourth-order valence-electron chi connectivity index (χ4n) is 3.41. The molecule has 2 aromatic rings. The highest BCUT2D eigenvalue weighted by Crippen LogP contribution is 2.36. The molecule has 1 aliphatic rings. The van der Waals surface area contributed by atoms with E-state index in [4.69, 9.17) is 25.8 Å². The Hall–Kier alpha value is -1.99. The van der Waals surface area contributed by atoms with Crippen LogP contribution < -0.4 is 14.8 Å². The number of benzene rings is 1. The zero-order chi connectivity index (χ0) is 20.3. The highest BCUT2D eigenvalue weighted by Gasteiger charge is 2.31. The predicted octanol–water partition coefficient (Wildman–Crippen LogP) is 3.32. The molecule has 1 N–H and O–H groups in total. The van der Waals surface area contributed by atoms with Gasteiger partial charge in [-0.2, -0.15) is 4.98 Å². The zero-order valence-electron chi connectivity index (χ0n) is 16.8. The Morgan fingerprint density at radius 3 is 2.82 bits per heavy atom. The van der Waals surface area contributed by atoms with E-state index in [1.807, 2.05) is 37.6 Å². The van der Waals surface area contributed by atoms with Gasteiger partial charge in [0, 0.05) is 20.0 Å². The molecule has 154 valence electrons. The molecular weight excluding hydrogens is 382 g/mol. The summed E-state index contributed by atoms with van der Waals surface area (Å²) in [6.07, 6.45) is 2.13. The van der Waals surface area contributed by atoms with Gasteiger partial charge >= 0.3 is 0 Å². The second-order valence-corrected chi connectivity index (χ2v) is 7.72. The maximum absolute atomic E-state index is 11.0. The van der Waals surface area contributed by atoms with Crippen molar-refractivity contribution in [1.82, 2.24) is 14.9 Å². The van der Waals surface area contributed by atoms with E-state index in [0.717, 1.165) is 23.9 Å². The van der Waals surface area contributed by atoms with E-state index >= 15 is 0 Å². The first-order valence-electron chi connectivity index (χ1n) is 9.68. The number of rotatable bonds is 9. The van der Waals surface area contributed by atoms with Gasteiger partial charge in [-0.05, 0) is 44.7 Å². The Labute approximate surface area is 170 Å². The SMILES string of the molecule is CCOc1nc2ccc(OCC3CC(OC[C@H](C)NC(C)=O)C3)c(Cl)c2n1C. The second-order valence-electron chi connectivity index (χ2n) is 7.34. The van der Waals surface area contributed by atoms with Gasteiger partial charge in [0.25, 0.3) is 6.01 Å². The average Bonchev–Trinajstić information content (AvgIpc) is 2.91. The summed E-state index contributed by atoms with van der Waals surface area (Å²) in [6, 6.07) is 4.33. The first-order chi connectivity index (χ1) is 13.4. The summed E-state index contributed by atoms with van der Waals surface area (Å²) in [5.74, 6) is 1.06. The topological polar surface area (TPSA) is 74.6 Å². The summed E-state index contributed by atoms with van der Waals surface area (Å²) in [7, 11) is 1.88. The van der Waals surface area contributed by atoms with Gasteiger partial charge in [-0.25, -0.2) is 0 Å². The third-order valence-corrected chi connectivity index (χ3v) is 5.24. The molecule has 0 bridgehead atoms. The summed E-state index contributed by atoms with van der Waals surface area (Å²) in [5.41, 5.74) is 1.60. The van der Waals surface area contributed by atoms with E-state index in [1.165, 1.54) is 6.92 Å². The normalized spacial score (nSPS) is 19.9. The lowest BCUT2D eigenvalue weighted by Crippen LogP contribution is -2.40. The lowest BCUT2D eigenvalue weighted by Gasteiger charge is -2.35. The largest absolute Gasteiger partial charge is 0.492 e. The minimum absolute atomic E-state index is 0.0267. The third kappa shape index (κ3) is 4.70. The summed E-state index contributed by atoms with van der Waals surface area (Å²) in [4.78, 5) is 15.5. The van der Waals surface area contributed by atoms with Crippen LogP contribution in [0.15, 0.2) is 12.1 Å². The maximum Gasteiger partial charge on any atom is 0.297 e. The van der Waals surface area contributed by atoms with Crippen LogP contribution in [0.4, 0.5) is 0 Å². The average molecular weight is 410 g/mol. The molecular formula is C20H28ClN3O4. The second kappa shape index (κ2) is 9.01. The molecule has 0 radical (unpaired) electrons. The number of halogens is 1. The minimum Gasteiger partial charge on any atom is -0.492 e. The summed E-state index contributed by atoms with van der Waals surface area (Å²) < 4.78 is 19.2. The van der Waals surface area contributed by atoms with Crippen molar-refractivity contribution in [1.29, 1.82) is 0 Å². The quantitative estimate of drug-likeness (QED) is 0.687. The molecule has 7 nitrogen and oxygen atoms in total. The van der Waals surface area contributed by atoms with Crippen LogP contribution in [0, 0.1) is 5.92 Å². The van der Waals surface area contributed by atoms with Gasteiger partial charge in [0.2, 0.25) is 5.91 Å². The molecule has 1 aliphatic carbocycles. The van der Waals surface area contributed by atoms with Gasteiger partial charge in [-0.15, -0.1) is 0 Å². The lowest BCUT2D eigenvalue weighted by molar-refractivity contribution is -0.120. The number of amides is 1. The number of carbonyl (C=O) groups excluding carboxylic acids is 1. The van der Waals surface area contributed by atoms with Gasteiger partial charge in [0.15, 0.2) is 0 Å². The van der Waals surface area contributed by atoms with Gasteiger partial charge in [-0.3, -0.25) is 9.36 Å².